The van der Waals surface area contributed by atoms with Gasteiger partial charge in [0.25, 0.3) is 0 Å². The Hall–Kier alpha value is -0.820. The largest absolute Gasteiger partial charge is 0.385 e. The van der Waals surface area contributed by atoms with Crippen molar-refractivity contribution in [2.75, 3.05) is 0 Å². The predicted molar refractivity (Wildman–Crippen MR) is 76.5 cm³/mol. The third kappa shape index (κ3) is 2.33. The summed E-state index contributed by atoms with van der Waals surface area (Å²) >= 11 is 0. The first-order valence-corrected chi connectivity index (χ1v) is 7.17. The summed E-state index contributed by atoms with van der Waals surface area (Å²) in [4.78, 5) is 0. The molecule has 1 heteroatoms. The topological polar surface area (TPSA) is 20.2 Å². The Morgan fingerprint density at radius 2 is 1.94 bits per heavy atom. The van der Waals surface area contributed by atoms with E-state index in [0.29, 0.717) is 5.92 Å². The summed E-state index contributed by atoms with van der Waals surface area (Å²) in [5, 5.41) is 11.0. The zero-order chi connectivity index (χ0) is 13.4. The molecule has 1 aliphatic rings. The first-order valence-electron chi connectivity index (χ1n) is 7.17. The number of hydrogen-bond acceptors (Lipinski definition) is 1. The van der Waals surface area contributed by atoms with Crippen LogP contribution in [-0.2, 0) is 12.0 Å². The third-order valence-corrected chi connectivity index (χ3v) is 4.51. The van der Waals surface area contributed by atoms with Crippen LogP contribution in [0.15, 0.2) is 24.3 Å². The molecule has 1 fully saturated rings. The molecule has 100 valence electrons. The average Bonchev–Trinajstić information content (AvgIpc) is 2.54. The highest BCUT2D eigenvalue weighted by molar-refractivity contribution is 5.31. The van der Waals surface area contributed by atoms with Gasteiger partial charge in [0.1, 0.15) is 0 Å². The summed E-state index contributed by atoms with van der Waals surface area (Å²) in [6, 6.07) is 8.58. The minimum atomic E-state index is -0.639. The van der Waals surface area contributed by atoms with E-state index in [-0.39, 0.29) is 5.41 Å². The standard InChI is InChI=1S/C17H26O/c1-13(2)11-14-7-5-8-15(12-14)17(18)10-6-9-16(17,3)4/h5,7-8,12-13,18H,6,9-11H2,1-4H3. The Kier molecular flexibility index (Phi) is 3.55. The molecule has 1 aromatic carbocycles. The van der Waals surface area contributed by atoms with Gasteiger partial charge in [-0.15, -0.1) is 0 Å². The summed E-state index contributed by atoms with van der Waals surface area (Å²) in [5.41, 5.74) is 1.81. The van der Waals surface area contributed by atoms with Crippen molar-refractivity contribution in [1.82, 2.24) is 0 Å². The molecule has 0 aromatic heterocycles. The van der Waals surface area contributed by atoms with Crippen LogP contribution in [0.3, 0.4) is 0 Å². The van der Waals surface area contributed by atoms with Gasteiger partial charge in [-0.1, -0.05) is 52.0 Å². The van der Waals surface area contributed by atoms with Crippen molar-refractivity contribution >= 4 is 0 Å². The lowest BCUT2D eigenvalue weighted by Crippen LogP contribution is -2.36. The lowest BCUT2D eigenvalue weighted by molar-refractivity contribution is -0.0485. The van der Waals surface area contributed by atoms with E-state index in [1.54, 1.807) is 0 Å². The van der Waals surface area contributed by atoms with E-state index in [0.717, 1.165) is 31.2 Å². The van der Waals surface area contributed by atoms with Crippen LogP contribution in [0.1, 0.15) is 58.1 Å². The zero-order valence-corrected chi connectivity index (χ0v) is 12.2. The van der Waals surface area contributed by atoms with Gasteiger partial charge < -0.3 is 5.11 Å². The molecular weight excluding hydrogens is 220 g/mol. The van der Waals surface area contributed by atoms with Crippen LogP contribution in [0.5, 0.6) is 0 Å². The molecule has 0 saturated heterocycles. The smallest absolute Gasteiger partial charge is 0.0947 e. The molecule has 0 bridgehead atoms. The third-order valence-electron chi connectivity index (χ3n) is 4.51. The molecule has 0 spiro atoms. The summed E-state index contributed by atoms with van der Waals surface area (Å²) in [6.45, 7) is 8.85. The van der Waals surface area contributed by atoms with Gasteiger partial charge in [-0.05, 0) is 48.1 Å². The zero-order valence-electron chi connectivity index (χ0n) is 12.2. The fraction of sp³-hybridized carbons (Fsp3) is 0.647. The van der Waals surface area contributed by atoms with Gasteiger partial charge in [0.2, 0.25) is 0 Å². The van der Waals surface area contributed by atoms with E-state index in [4.69, 9.17) is 0 Å². The number of aliphatic hydroxyl groups is 1. The summed E-state index contributed by atoms with van der Waals surface area (Å²) in [5.74, 6) is 0.659. The van der Waals surface area contributed by atoms with Gasteiger partial charge in [-0.2, -0.15) is 0 Å². The van der Waals surface area contributed by atoms with E-state index in [1.807, 2.05) is 0 Å². The van der Waals surface area contributed by atoms with Crippen molar-refractivity contribution in [1.29, 1.82) is 0 Å². The second-order valence-electron chi connectivity index (χ2n) is 6.90. The minimum Gasteiger partial charge on any atom is -0.385 e. The monoisotopic (exact) mass is 246 g/mol. The van der Waals surface area contributed by atoms with Crippen LogP contribution >= 0.6 is 0 Å². The van der Waals surface area contributed by atoms with E-state index in [2.05, 4.69) is 52.0 Å². The highest BCUT2D eigenvalue weighted by Crippen LogP contribution is 2.52. The summed E-state index contributed by atoms with van der Waals surface area (Å²) < 4.78 is 0. The van der Waals surface area contributed by atoms with Gasteiger partial charge in [0, 0.05) is 0 Å². The van der Waals surface area contributed by atoms with Crippen molar-refractivity contribution in [2.24, 2.45) is 11.3 Å². The SMILES string of the molecule is CC(C)Cc1cccc(C2(O)CCCC2(C)C)c1. The van der Waals surface area contributed by atoms with Crippen molar-refractivity contribution in [2.45, 2.75) is 59.0 Å². The fourth-order valence-corrected chi connectivity index (χ4v) is 3.29. The molecule has 0 radical (unpaired) electrons. The van der Waals surface area contributed by atoms with Gasteiger partial charge in [0.05, 0.1) is 5.60 Å². The Morgan fingerprint density at radius 3 is 2.50 bits per heavy atom. The van der Waals surface area contributed by atoms with Crippen LogP contribution in [0.25, 0.3) is 0 Å². The first kappa shape index (κ1) is 13.6. The Balaban J connectivity index is 2.33. The molecule has 0 aliphatic heterocycles. The van der Waals surface area contributed by atoms with Crippen LogP contribution in [0, 0.1) is 11.3 Å². The average molecular weight is 246 g/mol. The molecule has 1 nitrogen and oxygen atoms in total. The molecule has 1 aromatic rings. The summed E-state index contributed by atoms with van der Waals surface area (Å²) in [6.07, 6.45) is 4.21. The van der Waals surface area contributed by atoms with Crippen molar-refractivity contribution in [3.05, 3.63) is 35.4 Å². The molecule has 1 aliphatic carbocycles. The molecule has 0 heterocycles. The van der Waals surface area contributed by atoms with E-state index in [1.165, 1.54) is 5.56 Å². The van der Waals surface area contributed by atoms with Gasteiger partial charge in [0.15, 0.2) is 0 Å². The lowest BCUT2D eigenvalue weighted by Gasteiger charge is -2.37. The van der Waals surface area contributed by atoms with Crippen molar-refractivity contribution < 1.29 is 5.11 Å². The molecule has 2 rings (SSSR count). The lowest BCUT2D eigenvalue weighted by atomic mass is 9.73. The number of rotatable bonds is 3. The summed E-state index contributed by atoms with van der Waals surface area (Å²) in [7, 11) is 0. The van der Waals surface area contributed by atoms with Crippen LogP contribution in [-0.4, -0.2) is 5.11 Å². The molecule has 0 amide bonds. The molecule has 18 heavy (non-hydrogen) atoms. The molecule has 1 N–H and O–H groups in total. The predicted octanol–water partition coefficient (Wildman–Crippen LogP) is 4.28. The second kappa shape index (κ2) is 4.70. The minimum absolute atomic E-state index is 0.0105. The maximum Gasteiger partial charge on any atom is 0.0947 e. The first-order chi connectivity index (χ1) is 8.35. The molecular formula is C17H26O. The van der Waals surface area contributed by atoms with E-state index >= 15 is 0 Å². The van der Waals surface area contributed by atoms with Crippen LogP contribution in [0.4, 0.5) is 0 Å². The Morgan fingerprint density at radius 1 is 1.22 bits per heavy atom. The highest BCUT2D eigenvalue weighted by Gasteiger charge is 2.48. The molecule has 1 unspecified atom stereocenters. The van der Waals surface area contributed by atoms with Crippen molar-refractivity contribution in [3.63, 3.8) is 0 Å². The quantitative estimate of drug-likeness (QED) is 0.844. The Bertz CT molecular complexity index is 419. The van der Waals surface area contributed by atoms with Crippen molar-refractivity contribution in [3.8, 4) is 0 Å². The van der Waals surface area contributed by atoms with Crippen LogP contribution < -0.4 is 0 Å². The molecule has 1 saturated carbocycles. The highest BCUT2D eigenvalue weighted by atomic mass is 16.3. The maximum absolute atomic E-state index is 11.0. The van der Waals surface area contributed by atoms with E-state index in [9.17, 15) is 5.11 Å². The number of hydrogen-bond donors (Lipinski definition) is 1. The second-order valence-corrected chi connectivity index (χ2v) is 6.90. The number of benzene rings is 1. The fourth-order valence-electron chi connectivity index (χ4n) is 3.29. The normalized spacial score (nSPS) is 26.8. The van der Waals surface area contributed by atoms with Gasteiger partial charge in [-0.25, -0.2) is 0 Å². The Labute approximate surface area is 111 Å². The van der Waals surface area contributed by atoms with Gasteiger partial charge >= 0.3 is 0 Å². The van der Waals surface area contributed by atoms with E-state index < -0.39 is 5.60 Å². The maximum atomic E-state index is 11.0. The van der Waals surface area contributed by atoms with Gasteiger partial charge in [-0.3, -0.25) is 0 Å². The van der Waals surface area contributed by atoms with Crippen LogP contribution in [0.2, 0.25) is 0 Å². The molecule has 1 atom stereocenters.